The molecule has 0 N–H and O–H groups in total. The molecule has 0 amide bonds. The Hall–Kier alpha value is -0.240. The molecule has 0 spiro atoms. The summed E-state index contributed by atoms with van der Waals surface area (Å²) in [6.45, 7) is 9.79. The molecule has 114 valence electrons. The topological polar surface area (TPSA) is 48.4 Å². The van der Waals surface area contributed by atoms with E-state index in [2.05, 4.69) is 4.98 Å². The quantitative estimate of drug-likeness (QED) is 0.442. The van der Waals surface area contributed by atoms with E-state index in [1.807, 2.05) is 46.3 Å². The minimum absolute atomic E-state index is 0.230. The van der Waals surface area contributed by atoms with Gasteiger partial charge in [0.2, 0.25) is 0 Å². The molecule has 0 radical (unpaired) electrons. The molecule has 0 saturated carbocycles. The first-order valence-corrected chi connectivity index (χ1v) is 9.01. The van der Waals surface area contributed by atoms with Crippen LogP contribution >= 0.6 is 35.1 Å². The molecular formula is C13H21NO3S3. The zero-order valence-corrected chi connectivity index (χ0v) is 15.1. The maximum absolute atomic E-state index is 12.2. The molecule has 1 aromatic heterocycles. The van der Waals surface area contributed by atoms with Crippen LogP contribution in [0, 0.1) is 0 Å². The molecule has 4 nitrogen and oxygen atoms in total. The molecule has 1 rings (SSSR count). The number of rotatable bonds is 6. The summed E-state index contributed by atoms with van der Waals surface area (Å²) in [6.07, 6.45) is 1.87. The second-order valence-electron chi connectivity index (χ2n) is 5.65. The van der Waals surface area contributed by atoms with E-state index in [9.17, 15) is 4.79 Å². The summed E-state index contributed by atoms with van der Waals surface area (Å²) < 4.78 is 10.9. The van der Waals surface area contributed by atoms with Gasteiger partial charge in [-0.25, -0.2) is 4.98 Å². The van der Waals surface area contributed by atoms with Gasteiger partial charge in [0.05, 0.1) is 5.69 Å². The Morgan fingerprint density at radius 1 is 1.35 bits per heavy atom. The molecule has 0 fully saturated rings. The SMILES string of the molecule is CSOCc1csc(SC(C)(C)C(=O)OC(C)(C)C)n1. The predicted octanol–water partition coefficient (Wildman–Crippen LogP) is 4.15. The minimum atomic E-state index is -0.664. The van der Waals surface area contributed by atoms with Crippen molar-refractivity contribution in [2.75, 3.05) is 6.26 Å². The van der Waals surface area contributed by atoms with Crippen molar-refractivity contribution in [2.24, 2.45) is 0 Å². The highest BCUT2D eigenvalue weighted by molar-refractivity contribution is 8.03. The Bertz CT molecular complexity index is 452. The van der Waals surface area contributed by atoms with E-state index in [0.29, 0.717) is 6.61 Å². The third-order valence-corrected chi connectivity index (χ3v) is 4.61. The number of hydrogen-bond donors (Lipinski definition) is 0. The van der Waals surface area contributed by atoms with Crippen LogP contribution < -0.4 is 0 Å². The number of hydrogen-bond acceptors (Lipinski definition) is 7. The number of aromatic nitrogens is 1. The Morgan fingerprint density at radius 3 is 2.55 bits per heavy atom. The van der Waals surface area contributed by atoms with Crippen molar-refractivity contribution in [1.82, 2.24) is 4.98 Å². The molecule has 1 aromatic rings. The summed E-state index contributed by atoms with van der Waals surface area (Å²) in [6, 6.07) is 0. The Balaban J connectivity index is 2.65. The van der Waals surface area contributed by atoms with Gasteiger partial charge in [0.25, 0.3) is 0 Å². The van der Waals surface area contributed by atoms with Crippen molar-refractivity contribution in [3.8, 4) is 0 Å². The van der Waals surface area contributed by atoms with Crippen LogP contribution in [0.3, 0.4) is 0 Å². The first kappa shape index (κ1) is 17.8. The number of thiazole rings is 1. The van der Waals surface area contributed by atoms with Crippen molar-refractivity contribution in [1.29, 1.82) is 0 Å². The van der Waals surface area contributed by atoms with Gasteiger partial charge in [0.1, 0.15) is 17.0 Å². The molecule has 0 aromatic carbocycles. The third kappa shape index (κ3) is 6.03. The highest BCUT2D eigenvalue weighted by Gasteiger charge is 2.34. The van der Waals surface area contributed by atoms with Crippen LogP contribution in [-0.4, -0.2) is 27.6 Å². The lowest BCUT2D eigenvalue weighted by Crippen LogP contribution is -2.36. The molecule has 7 heteroatoms. The average molecular weight is 336 g/mol. The summed E-state index contributed by atoms with van der Waals surface area (Å²) in [5.41, 5.74) is 0.404. The zero-order valence-electron chi connectivity index (χ0n) is 12.7. The van der Waals surface area contributed by atoms with Crippen molar-refractivity contribution >= 4 is 41.1 Å². The minimum Gasteiger partial charge on any atom is -0.459 e. The molecule has 0 saturated heterocycles. The lowest BCUT2D eigenvalue weighted by Gasteiger charge is -2.27. The first-order valence-electron chi connectivity index (χ1n) is 6.16. The van der Waals surface area contributed by atoms with Crippen LogP contribution in [0.2, 0.25) is 0 Å². The van der Waals surface area contributed by atoms with Gasteiger partial charge >= 0.3 is 5.97 Å². The third-order valence-electron chi connectivity index (χ3n) is 2.09. The standard InChI is InChI=1S/C13H21NO3S3/c1-12(2,3)17-10(15)13(4,5)20-11-14-9(8-19-11)7-16-18-6/h8H,7H2,1-6H3. The molecule has 0 atom stereocenters. The van der Waals surface area contributed by atoms with Crippen LogP contribution in [0.5, 0.6) is 0 Å². The van der Waals surface area contributed by atoms with Crippen LogP contribution in [0.4, 0.5) is 0 Å². The summed E-state index contributed by atoms with van der Waals surface area (Å²) >= 11 is 4.25. The van der Waals surface area contributed by atoms with Crippen LogP contribution in [0.1, 0.15) is 40.3 Å². The normalized spacial score (nSPS) is 12.5. The smallest absolute Gasteiger partial charge is 0.322 e. The number of ether oxygens (including phenoxy) is 1. The van der Waals surface area contributed by atoms with E-state index in [0.717, 1.165) is 10.0 Å². The fourth-order valence-electron chi connectivity index (χ4n) is 1.18. The second kappa shape index (κ2) is 7.15. The van der Waals surface area contributed by atoms with Crippen molar-refractivity contribution < 1.29 is 13.7 Å². The van der Waals surface area contributed by atoms with Gasteiger partial charge in [-0.15, -0.1) is 11.3 Å². The van der Waals surface area contributed by atoms with E-state index >= 15 is 0 Å². The van der Waals surface area contributed by atoms with Crippen LogP contribution in [0.15, 0.2) is 9.72 Å². The van der Waals surface area contributed by atoms with Gasteiger partial charge < -0.3 is 8.92 Å². The Kier molecular flexibility index (Phi) is 6.37. The fraction of sp³-hybridized carbons (Fsp3) is 0.692. The zero-order chi connectivity index (χ0) is 15.4. The number of esters is 1. The predicted molar refractivity (Wildman–Crippen MR) is 86.2 cm³/mol. The maximum atomic E-state index is 12.2. The van der Waals surface area contributed by atoms with Gasteiger partial charge in [-0.2, -0.15) is 0 Å². The fourth-order valence-corrected chi connectivity index (χ4v) is 3.63. The Labute approximate surface area is 133 Å². The summed E-state index contributed by atoms with van der Waals surface area (Å²) in [4.78, 5) is 16.6. The molecule has 0 bridgehead atoms. The Morgan fingerprint density at radius 2 is 2.00 bits per heavy atom. The van der Waals surface area contributed by atoms with Gasteiger partial charge in [-0.3, -0.25) is 4.79 Å². The first-order chi connectivity index (χ1) is 9.14. The van der Waals surface area contributed by atoms with E-state index in [1.54, 1.807) is 0 Å². The lowest BCUT2D eigenvalue weighted by molar-refractivity contribution is -0.156. The molecular weight excluding hydrogens is 314 g/mol. The van der Waals surface area contributed by atoms with Gasteiger partial charge in [0, 0.05) is 11.6 Å². The second-order valence-corrected chi connectivity index (χ2v) is 8.94. The van der Waals surface area contributed by atoms with E-state index in [4.69, 9.17) is 8.92 Å². The number of nitrogens with zero attached hydrogens (tertiary/aromatic N) is 1. The number of thioether (sulfide) groups is 1. The molecule has 0 aliphatic heterocycles. The monoisotopic (exact) mass is 335 g/mol. The average Bonchev–Trinajstić information content (AvgIpc) is 2.71. The molecule has 20 heavy (non-hydrogen) atoms. The molecule has 0 unspecified atom stereocenters. The maximum Gasteiger partial charge on any atom is 0.322 e. The molecule has 1 heterocycles. The van der Waals surface area contributed by atoms with E-state index < -0.39 is 10.3 Å². The van der Waals surface area contributed by atoms with E-state index in [1.165, 1.54) is 35.1 Å². The van der Waals surface area contributed by atoms with Crippen LogP contribution in [-0.2, 0) is 20.3 Å². The number of carbonyl (C=O) groups is 1. The summed E-state index contributed by atoms with van der Waals surface area (Å²) in [7, 11) is 0. The molecule has 0 aliphatic carbocycles. The summed E-state index contributed by atoms with van der Waals surface area (Å²) in [5.74, 6) is -0.230. The highest BCUT2D eigenvalue weighted by atomic mass is 32.2. The van der Waals surface area contributed by atoms with Gasteiger partial charge in [0.15, 0.2) is 4.34 Å². The van der Waals surface area contributed by atoms with Gasteiger partial charge in [-0.1, -0.05) is 11.8 Å². The van der Waals surface area contributed by atoms with Crippen molar-refractivity contribution in [2.45, 2.75) is 55.9 Å². The highest BCUT2D eigenvalue weighted by Crippen LogP contribution is 2.36. The van der Waals surface area contributed by atoms with Crippen molar-refractivity contribution in [3.63, 3.8) is 0 Å². The van der Waals surface area contributed by atoms with E-state index in [-0.39, 0.29) is 5.97 Å². The largest absolute Gasteiger partial charge is 0.459 e. The van der Waals surface area contributed by atoms with Crippen molar-refractivity contribution in [3.05, 3.63) is 11.1 Å². The lowest BCUT2D eigenvalue weighted by atomic mass is 10.1. The van der Waals surface area contributed by atoms with Gasteiger partial charge in [-0.05, 0) is 46.7 Å². The molecule has 0 aliphatic rings. The number of carbonyl (C=O) groups excluding carboxylic acids is 1. The summed E-state index contributed by atoms with van der Waals surface area (Å²) in [5, 5.41) is 1.95. The van der Waals surface area contributed by atoms with Crippen LogP contribution in [0.25, 0.3) is 0 Å².